The van der Waals surface area contributed by atoms with Crippen LogP contribution in [0.5, 0.6) is 0 Å². The summed E-state index contributed by atoms with van der Waals surface area (Å²) in [7, 11) is 0. The van der Waals surface area contributed by atoms with Crippen LogP contribution in [0.2, 0.25) is 5.02 Å². The van der Waals surface area contributed by atoms with Crippen molar-refractivity contribution in [1.82, 2.24) is 20.2 Å². The standard InChI is InChI=1S/C18H14ClN5O/c1-10-20-17(24-23-10)12-3-2-4-14(7-12)21-18(25)16-8-11-5-6-13(19)9-15(11)22-16/h2-9,22H,1H3,(H,21,25)(H,20,23,24). The second-order valence-corrected chi connectivity index (χ2v) is 6.13. The first-order valence-corrected chi connectivity index (χ1v) is 8.05. The van der Waals surface area contributed by atoms with Crippen molar-refractivity contribution >= 4 is 34.1 Å². The lowest BCUT2D eigenvalue weighted by atomic mass is 10.2. The number of nitrogens with one attached hydrogen (secondary N) is 3. The Bertz CT molecular complexity index is 1080. The number of amides is 1. The van der Waals surface area contributed by atoms with Gasteiger partial charge in [0.2, 0.25) is 0 Å². The highest BCUT2D eigenvalue weighted by molar-refractivity contribution is 6.31. The number of nitrogens with zero attached hydrogens (tertiary/aromatic N) is 2. The van der Waals surface area contributed by atoms with Crippen molar-refractivity contribution in [1.29, 1.82) is 0 Å². The molecule has 0 aliphatic rings. The Labute approximate surface area is 148 Å². The summed E-state index contributed by atoms with van der Waals surface area (Å²) < 4.78 is 0. The smallest absolute Gasteiger partial charge is 0.272 e. The summed E-state index contributed by atoms with van der Waals surface area (Å²) in [5.41, 5.74) is 2.78. The molecule has 0 aliphatic carbocycles. The Balaban J connectivity index is 1.59. The van der Waals surface area contributed by atoms with Gasteiger partial charge in [0, 0.05) is 27.2 Å². The molecule has 7 heteroatoms. The zero-order chi connectivity index (χ0) is 17.4. The summed E-state index contributed by atoms with van der Waals surface area (Å²) in [5, 5.41) is 11.4. The number of fused-ring (bicyclic) bond motifs is 1. The highest BCUT2D eigenvalue weighted by atomic mass is 35.5. The molecule has 6 nitrogen and oxygen atoms in total. The molecular weight excluding hydrogens is 338 g/mol. The van der Waals surface area contributed by atoms with E-state index in [0.717, 1.165) is 22.3 Å². The van der Waals surface area contributed by atoms with Crippen LogP contribution in [-0.2, 0) is 0 Å². The molecule has 124 valence electrons. The van der Waals surface area contributed by atoms with E-state index in [0.29, 0.717) is 22.2 Å². The minimum absolute atomic E-state index is 0.226. The van der Waals surface area contributed by atoms with Crippen molar-refractivity contribution in [3.05, 3.63) is 65.1 Å². The fourth-order valence-corrected chi connectivity index (χ4v) is 2.80. The molecule has 0 spiro atoms. The number of aromatic amines is 2. The van der Waals surface area contributed by atoms with Crippen LogP contribution >= 0.6 is 11.6 Å². The minimum Gasteiger partial charge on any atom is -0.350 e. The molecule has 3 N–H and O–H groups in total. The van der Waals surface area contributed by atoms with Gasteiger partial charge in [-0.2, -0.15) is 5.10 Å². The van der Waals surface area contributed by atoms with Crippen LogP contribution in [0.15, 0.2) is 48.5 Å². The molecule has 0 unspecified atom stereocenters. The molecule has 0 bridgehead atoms. The van der Waals surface area contributed by atoms with Gasteiger partial charge in [-0.3, -0.25) is 9.89 Å². The molecule has 0 fully saturated rings. The van der Waals surface area contributed by atoms with Gasteiger partial charge in [-0.25, -0.2) is 4.98 Å². The monoisotopic (exact) mass is 351 g/mol. The number of rotatable bonds is 3. The van der Waals surface area contributed by atoms with Gasteiger partial charge in [-0.1, -0.05) is 29.8 Å². The Morgan fingerprint density at radius 2 is 2.04 bits per heavy atom. The second kappa shape index (κ2) is 6.07. The molecule has 2 heterocycles. The van der Waals surface area contributed by atoms with Gasteiger partial charge in [0.1, 0.15) is 11.5 Å². The number of benzene rings is 2. The molecule has 2 aromatic carbocycles. The summed E-state index contributed by atoms with van der Waals surface area (Å²) in [4.78, 5) is 19.9. The molecule has 0 atom stereocenters. The van der Waals surface area contributed by atoms with Crippen molar-refractivity contribution < 1.29 is 4.79 Å². The number of aryl methyl sites for hydroxylation is 1. The van der Waals surface area contributed by atoms with Crippen LogP contribution in [0.4, 0.5) is 5.69 Å². The normalized spacial score (nSPS) is 11.0. The van der Waals surface area contributed by atoms with Gasteiger partial charge in [0.05, 0.1) is 0 Å². The lowest BCUT2D eigenvalue weighted by molar-refractivity contribution is 0.102. The lowest BCUT2D eigenvalue weighted by Crippen LogP contribution is -2.12. The highest BCUT2D eigenvalue weighted by Crippen LogP contribution is 2.22. The van der Waals surface area contributed by atoms with Crippen molar-refractivity contribution in [2.75, 3.05) is 5.32 Å². The first-order valence-electron chi connectivity index (χ1n) is 7.67. The largest absolute Gasteiger partial charge is 0.350 e. The summed E-state index contributed by atoms with van der Waals surface area (Å²) >= 11 is 5.98. The molecular formula is C18H14ClN5O. The van der Waals surface area contributed by atoms with Gasteiger partial charge in [-0.05, 0) is 37.3 Å². The van der Waals surface area contributed by atoms with Crippen LogP contribution < -0.4 is 5.32 Å². The van der Waals surface area contributed by atoms with E-state index in [-0.39, 0.29) is 5.91 Å². The van der Waals surface area contributed by atoms with Gasteiger partial charge >= 0.3 is 0 Å². The minimum atomic E-state index is -0.226. The Morgan fingerprint density at radius 3 is 2.84 bits per heavy atom. The molecule has 25 heavy (non-hydrogen) atoms. The first kappa shape index (κ1) is 15.4. The zero-order valence-corrected chi connectivity index (χ0v) is 14.1. The average Bonchev–Trinajstić information content (AvgIpc) is 3.21. The number of hydrogen-bond donors (Lipinski definition) is 3. The maximum absolute atomic E-state index is 12.5. The summed E-state index contributed by atoms with van der Waals surface area (Å²) in [6.07, 6.45) is 0. The zero-order valence-electron chi connectivity index (χ0n) is 13.3. The highest BCUT2D eigenvalue weighted by Gasteiger charge is 2.11. The Morgan fingerprint density at radius 1 is 1.16 bits per heavy atom. The number of H-pyrrole nitrogens is 2. The molecule has 1 amide bonds. The van der Waals surface area contributed by atoms with E-state index in [1.807, 2.05) is 37.3 Å². The topological polar surface area (TPSA) is 86.5 Å². The number of anilines is 1. The van der Waals surface area contributed by atoms with E-state index in [2.05, 4.69) is 25.5 Å². The predicted octanol–water partition coefficient (Wildman–Crippen LogP) is 4.17. The fraction of sp³-hybridized carbons (Fsp3) is 0.0556. The third-order valence-electron chi connectivity index (χ3n) is 3.80. The number of halogens is 1. The summed E-state index contributed by atoms with van der Waals surface area (Å²) in [6, 6.07) is 14.6. The number of hydrogen-bond acceptors (Lipinski definition) is 3. The van der Waals surface area contributed by atoms with E-state index < -0.39 is 0 Å². The molecule has 2 aromatic heterocycles. The number of carbonyl (C=O) groups is 1. The van der Waals surface area contributed by atoms with Crippen LogP contribution in [0.1, 0.15) is 16.3 Å². The van der Waals surface area contributed by atoms with Gasteiger partial charge in [0.15, 0.2) is 5.82 Å². The van der Waals surface area contributed by atoms with E-state index in [4.69, 9.17) is 11.6 Å². The van der Waals surface area contributed by atoms with E-state index in [9.17, 15) is 4.79 Å². The third-order valence-corrected chi connectivity index (χ3v) is 4.04. The van der Waals surface area contributed by atoms with Gasteiger partial charge in [-0.15, -0.1) is 0 Å². The van der Waals surface area contributed by atoms with E-state index >= 15 is 0 Å². The van der Waals surface area contributed by atoms with Crippen molar-refractivity contribution in [3.63, 3.8) is 0 Å². The van der Waals surface area contributed by atoms with Gasteiger partial charge in [0.25, 0.3) is 5.91 Å². The summed E-state index contributed by atoms with van der Waals surface area (Å²) in [5.74, 6) is 1.10. The van der Waals surface area contributed by atoms with Gasteiger partial charge < -0.3 is 10.3 Å². The van der Waals surface area contributed by atoms with Crippen LogP contribution in [-0.4, -0.2) is 26.1 Å². The Kier molecular flexibility index (Phi) is 3.74. The molecule has 0 radical (unpaired) electrons. The maximum Gasteiger partial charge on any atom is 0.272 e. The van der Waals surface area contributed by atoms with Crippen LogP contribution in [0.25, 0.3) is 22.3 Å². The van der Waals surface area contributed by atoms with Crippen molar-refractivity contribution in [2.45, 2.75) is 6.92 Å². The molecule has 0 saturated heterocycles. The number of aromatic nitrogens is 4. The van der Waals surface area contributed by atoms with E-state index in [1.165, 1.54) is 0 Å². The quantitative estimate of drug-likeness (QED) is 0.517. The van der Waals surface area contributed by atoms with Crippen LogP contribution in [0, 0.1) is 6.92 Å². The molecule has 4 rings (SSSR count). The second-order valence-electron chi connectivity index (χ2n) is 5.69. The van der Waals surface area contributed by atoms with E-state index in [1.54, 1.807) is 18.2 Å². The SMILES string of the molecule is Cc1nc(-c2cccc(NC(=O)c3cc4ccc(Cl)cc4[nH]3)c2)n[nH]1. The lowest BCUT2D eigenvalue weighted by Gasteiger charge is -2.05. The molecule has 4 aromatic rings. The molecule has 0 aliphatic heterocycles. The van der Waals surface area contributed by atoms with Crippen molar-refractivity contribution in [3.8, 4) is 11.4 Å². The fourth-order valence-electron chi connectivity index (χ4n) is 2.63. The van der Waals surface area contributed by atoms with Crippen LogP contribution in [0.3, 0.4) is 0 Å². The van der Waals surface area contributed by atoms with Crippen molar-refractivity contribution in [2.24, 2.45) is 0 Å². The molecule has 0 saturated carbocycles. The Hall–Kier alpha value is -3.12. The average molecular weight is 352 g/mol. The predicted molar refractivity (Wildman–Crippen MR) is 97.8 cm³/mol. The first-order chi connectivity index (χ1) is 12.1. The number of carbonyl (C=O) groups excluding carboxylic acids is 1. The summed E-state index contributed by atoms with van der Waals surface area (Å²) in [6.45, 7) is 1.84. The third kappa shape index (κ3) is 3.12. The maximum atomic E-state index is 12.5.